The molecule has 0 aliphatic rings. The summed E-state index contributed by atoms with van der Waals surface area (Å²) in [7, 11) is 1.96. The van der Waals surface area contributed by atoms with Crippen LogP contribution >= 0.6 is 11.3 Å². The molecule has 3 heterocycles. The molecule has 6 heteroatoms. The lowest BCUT2D eigenvalue weighted by Gasteiger charge is -2.13. The summed E-state index contributed by atoms with van der Waals surface area (Å²) in [6.45, 7) is 1.94. The molecule has 30 heavy (non-hydrogen) atoms. The minimum atomic E-state index is -0.175. The maximum atomic E-state index is 13.6. The average Bonchev–Trinajstić information content (AvgIpc) is 3.42. The lowest BCUT2D eigenvalue weighted by molar-refractivity contribution is 0.475. The molecule has 2 aromatic carbocycles. The third kappa shape index (κ3) is 2.76. The van der Waals surface area contributed by atoms with Gasteiger partial charge in [0, 0.05) is 23.2 Å². The molecule has 0 saturated heterocycles. The summed E-state index contributed by atoms with van der Waals surface area (Å²) in [4.78, 5) is 14.6. The number of nitrogens with zero attached hydrogens (tertiary/aromatic N) is 3. The molecule has 0 bridgehead atoms. The van der Waals surface area contributed by atoms with E-state index in [4.69, 9.17) is 5.10 Å². The van der Waals surface area contributed by atoms with Gasteiger partial charge in [0.25, 0.3) is 5.56 Å². The smallest absolute Gasteiger partial charge is 0.282 e. The summed E-state index contributed by atoms with van der Waals surface area (Å²) in [5, 5.41) is 16.5. The highest BCUT2D eigenvalue weighted by molar-refractivity contribution is 7.13. The summed E-state index contributed by atoms with van der Waals surface area (Å²) in [6, 6.07) is 20.7. The Morgan fingerprint density at radius 2 is 1.63 bits per heavy atom. The molecule has 5 rings (SSSR count). The van der Waals surface area contributed by atoms with E-state index in [0.29, 0.717) is 5.56 Å². The molecule has 0 spiro atoms. The fourth-order valence-electron chi connectivity index (χ4n) is 3.85. The first-order valence-corrected chi connectivity index (χ1v) is 10.4. The Labute approximate surface area is 177 Å². The zero-order valence-corrected chi connectivity index (χ0v) is 17.4. The average molecular weight is 414 g/mol. The van der Waals surface area contributed by atoms with Crippen molar-refractivity contribution in [1.82, 2.24) is 14.2 Å². The van der Waals surface area contributed by atoms with Gasteiger partial charge >= 0.3 is 0 Å². The van der Waals surface area contributed by atoms with Gasteiger partial charge in [-0.25, -0.2) is 0 Å². The van der Waals surface area contributed by atoms with Crippen LogP contribution in [0.15, 0.2) is 76.9 Å². The molecule has 0 unspecified atom stereocenters. The number of hydrogen-bond donors (Lipinski definition) is 1. The van der Waals surface area contributed by atoms with Crippen LogP contribution in [0.5, 0.6) is 5.75 Å². The summed E-state index contributed by atoms with van der Waals surface area (Å²) in [5.74, 6) is 0.166. The van der Waals surface area contributed by atoms with Gasteiger partial charge in [-0.15, -0.1) is 11.3 Å². The molecule has 0 amide bonds. The normalized spacial score (nSPS) is 11.3. The van der Waals surface area contributed by atoms with Crippen LogP contribution in [0.4, 0.5) is 0 Å². The molecule has 148 valence electrons. The van der Waals surface area contributed by atoms with E-state index in [1.807, 2.05) is 60.3 Å². The van der Waals surface area contributed by atoms with E-state index < -0.39 is 0 Å². The number of aromatic nitrogens is 3. The highest BCUT2D eigenvalue weighted by atomic mass is 32.1. The van der Waals surface area contributed by atoms with E-state index >= 15 is 0 Å². The standard InChI is InChI=1S/C24H19N3O2S/c1-15-20(16-10-12-18(28)13-11-16)24(29)27-23(26(15)2)21(19-9-6-14-30-19)22(25-27)17-7-4-3-5-8-17/h3-14,28H,1-2H3. The van der Waals surface area contributed by atoms with Crippen LogP contribution in [0.3, 0.4) is 0 Å². The molecule has 5 nitrogen and oxygen atoms in total. The number of benzene rings is 2. The van der Waals surface area contributed by atoms with E-state index in [9.17, 15) is 9.90 Å². The van der Waals surface area contributed by atoms with Gasteiger partial charge in [-0.3, -0.25) is 4.79 Å². The second kappa shape index (κ2) is 7.00. The first kappa shape index (κ1) is 18.4. The highest BCUT2D eigenvalue weighted by Crippen LogP contribution is 2.38. The van der Waals surface area contributed by atoms with Gasteiger partial charge < -0.3 is 9.67 Å². The first-order chi connectivity index (χ1) is 14.6. The maximum Gasteiger partial charge on any atom is 0.282 e. The SMILES string of the molecule is Cc1c(-c2ccc(O)cc2)c(=O)n2nc(-c3ccccc3)c(-c3cccs3)c2n1C. The van der Waals surface area contributed by atoms with Gasteiger partial charge in [0.1, 0.15) is 17.1 Å². The second-order valence-corrected chi connectivity index (χ2v) is 8.12. The Kier molecular flexibility index (Phi) is 4.29. The van der Waals surface area contributed by atoms with Gasteiger partial charge in [0.15, 0.2) is 0 Å². The Bertz CT molecular complexity index is 1410. The van der Waals surface area contributed by atoms with Crippen molar-refractivity contribution in [2.24, 2.45) is 7.05 Å². The quantitative estimate of drug-likeness (QED) is 0.447. The predicted molar refractivity (Wildman–Crippen MR) is 121 cm³/mol. The number of aryl methyl sites for hydroxylation is 1. The minimum Gasteiger partial charge on any atom is -0.508 e. The van der Waals surface area contributed by atoms with E-state index in [0.717, 1.165) is 38.6 Å². The Morgan fingerprint density at radius 1 is 0.900 bits per heavy atom. The van der Waals surface area contributed by atoms with Crippen molar-refractivity contribution in [3.63, 3.8) is 0 Å². The van der Waals surface area contributed by atoms with Crippen molar-refractivity contribution in [2.45, 2.75) is 6.92 Å². The van der Waals surface area contributed by atoms with Crippen LogP contribution in [0, 0.1) is 6.92 Å². The van der Waals surface area contributed by atoms with Crippen molar-refractivity contribution in [1.29, 1.82) is 0 Å². The molecular weight excluding hydrogens is 394 g/mol. The topological polar surface area (TPSA) is 59.5 Å². The van der Waals surface area contributed by atoms with Crippen molar-refractivity contribution in [3.8, 4) is 38.6 Å². The summed E-state index contributed by atoms with van der Waals surface area (Å²) in [6.07, 6.45) is 0. The number of phenols is 1. The second-order valence-electron chi connectivity index (χ2n) is 7.17. The first-order valence-electron chi connectivity index (χ1n) is 9.57. The van der Waals surface area contributed by atoms with Crippen LogP contribution in [0.1, 0.15) is 5.69 Å². The van der Waals surface area contributed by atoms with Crippen molar-refractivity contribution < 1.29 is 5.11 Å². The molecular formula is C24H19N3O2S. The molecule has 0 saturated carbocycles. The Balaban J connectivity index is 1.91. The van der Waals surface area contributed by atoms with E-state index in [-0.39, 0.29) is 11.3 Å². The molecule has 5 aromatic rings. The maximum absolute atomic E-state index is 13.6. The van der Waals surface area contributed by atoms with Gasteiger partial charge in [0.05, 0.1) is 11.1 Å². The number of fused-ring (bicyclic) bond motifs is 1. The zero-order valence-electron chi connectivity index (χ0n) is 16.5. The molecule has 3 aromatic heterocycles. The predicted octanol–water partition coefficient (Wildman–Crippen LogP) is 5.11. The number of phenolic OH excluding ortho intramolecular Hbond substituents is 1. The summed E-state index contributed by atoms with van der Waals surface area (Å²) in [5.41, 5.74) is 5.46. The summed E-state index contributed by atoms with van der Waals surface area (Å²) < 4.78 is 3.53. The van der Waals surface area contributed by atoms with Crippen molar-refractivity contribution in [2.75, 3.05) is 0 Å². The van der Waals surface area contributed by atoms with E-state index in [2.05, 4.69) is 6.07 Å². The number of thiophene rings is 1. The van der Waals surface area contributed by atoms with Gasteiger partial charge in [-0.1, -0.05) is 48.5 Å². The number of aromatic hydroxyl groups is 1. The molecule has 0 aliphatic carbocycles. The molecule has 0 fully saturated rings. The monoisotopic (exact) mass is 413 g/mol. The minimum absolute atomic E-state index is 0.166. The third-order valence-corrected chi connectivity index (χ3v) is 6.31. The third-order valence-electron chi connectivity index (χ3n) is 5.42. The Hall–Kier alpha value is -3.64. The van der Waals surface area contributed by atoms with Crippen LogP contribution in [-0.4, -0.2) is 19.3 Å². The fourth-order valence-corrected chi connectivity index (χ4v) is 4.62. The number of rotatable bonds is 3. The zero-order chi connectivity index (χ0) is 20.8. The Morgan fingerprint density at radius 3 is 2.30 bits per heavy atom. The largest absolute Gasteiger partial charge is 0.508 e. The number of hydrogen-bond acceptors (Lipinski definition) is 4. The van der Waals surface area contributed by atoms with Crippen molar-refractivity contribution >= 4 is 17.0 Å². The van der Waals surface area contributed by atoms with Crippen LogP contribution < -0.4 is 5.56 Å². The molecule has 0 aliphatic heterocycles. The molecule has 1 N–H and O–H groups in total. The van der Waals surface area contributed by atoms with Crippen LogP contribution in [-0.2, 0) is 7.05 Å². The van der Waals surface area contributed by atoms with Gasteiger partial charge in [0.2, 0.25) is 0 Å². The summed E-state index contributed by atoms with van der Waals surface area (Å²) >= 11 is 1.63. The highest BCUT2D eigenvalue weighted by Gasteiger charge is 2.23. The molecule has 0 atom stereocenters. The molecule has 0 radical (unpaired) electrons. The fraction of sp³-hybridized carbons (Fsp3) is 0.0833. The van der Waals surface area contributed by atoms with Crippen molar-refractivity contribution in [3.05, 3.63) is 88.2 Å². The van der Waals surface area contributed by atoms with Gasteiger partial charge in [-0.2, -0.15) is 9.61 Å². The van der Waals surface area contributed by atoms with E-state index in [1.54, 1.807) is 35.6 Å². The van der Waals surface area contributed by atoms with Crippen LogP contribution in [0.25, 0.3) is 38.5 Å². The van der Waals surface area contributed by atoms with Gasteiger partial charge in [-0.05, 0) is 36.1 Å². The van der Waals surface area contributed by atoms with Crippen LogP contribution in [0.2, 0.25) is 0 Å². The lowest BCUT2D eigenvalue weighted by atomic mass is 10.0. The lowest BCUT2D eigenvalue weighted by Crippen LogP contribution is -2.22. The van der Waals surface area contributed by atoms with E-state index in [1.165, 1.54) is 4.52 Å².